The first-order chi connectivity index (χ1) is 40.2. The molecule has 474 valence electrons. The molecule has 8 heterocycles. The number of ether oxygens (including phenoxy) is 11. The van der Waals surface area contributed by atoms with Gasteiger partial charge >= 0.3 is 23.6 Å². The van der Waals surface area contributed by atoms with Crippen molar-refractivity contribution >= 4 is 23.6 Å². The molecule has 0 amide bonds. The highest BCUT2D eigenvalue weighted by atomic mass is 28.4. The van der Waals surface area contributed by atoms with Crippen LogP contribution in [0.25, 0.3) is 0 Å². The highest BCUT2D eigenvalue weighted by molar-refractivity contribution is 6.60. The van der Waals surface area contributed by atoms with Gasteiger partial charge in [-0.2, -0.15) is 0 Å². The Kier molecular flexibility index (Phi) is 23.1. The fraction of sp³-hybridized carbons (Fsp3) is 0.921. The molecule has 8 saturated heterocycles. The van der Waals surface area contributed by atoms with Crippen molar-refractivity contribution in [3.63, 3.8) is 0 Å². The number of epoxide rings is 8. The summed E-state index contributed by atoms with van der Waals surface area (Å²) in [4.78, 5) is 12.0. The van der Waals surface area contributed by atoms with Crippen LogP contribution in [0.2, 0.25) is 12.1 Å². The first-order valence-corrected chi connectivity index (χ1v) is 36.2. The van der Waals surface area contributed by atoms with E-state index in [0.717, 1.165) is 132 Å². The summed E-state index contributed by atoms with van der Waals surface area (Å²) in [7, 11) is 5.17. The molecule has 2 bridgehead atoms. The van der Waals surface area contributed by atoms with Gasteiger partial charge in [0.25, 0.3) is 0 Å². The number of esters is 1. The molecule has 83 heavy (non-hydrogen) atoms. The second-order valence-corrected chi connectivity index (χ2v) is 33.1. The van der Waals surface area contributed by atoms with Crippen LogP contribution in [-0.4, -0.2) is 197 Å². The van der Waals surface area contributed by atoms with Crippen LogP contribution in [0.5, 0.6) is 0 Å². The number of hydrogen-bond acceptors (Lipinski definition) is 18. The predicted molar refractivity (Wildman–Crippen MR) is 313 cm³/mol. The van der Waals surface area contributed by atoms with Gasteiger partial charge in [0.05, 0.1) is 118 Å². The van der Waals surface area contributed by atoms with Crippen LogP contribution < -0.4 is 0 Å². The van der Waals surface area contributed by atoms with Gasteiger partial charge in [-0.1, -0.05) is 18.2 Å². The van der Waals surface area contributed by atoms with E-state index in [-0.39, 0.29) is 23.1 Å². The number of allylic oxidation sites excluding steroid dienone is 3. The van der Waals surface area contributed by atoms with E-state index in [1.807, 2.05) is 0 Å². The first-order valence-electron chi connectivity index (χ1n) is 32.3. The summed E-state index contributed by atoms with van der Waals surface area (Å²) in [6.45, 7) is 14.7. The van der Waals surface area contributed by atoms with Gasteiger partial charge in [-0.3, -0.25) is 4.79 Å². The summed E-state index contributed by atoms with van der Waals surface area (Å²) in [6.07, 6.45) is 34.6. The minimum Gasteiger partial charge on any atom is -0.465 e. The Bertz CT molecular complexity index is 2040. The van der Waals surface area contributed by atoms with Crippen LogP contribution in [-0.2, 0) is 83.5 Å². The molecule has 0 N–H and O–H groups in total. The highest BCUT2D eigenvalue weighted by Gasteiger charge is 2.61. The van der Waals surface area contributed by atoms with Gasteiger partial charge in [0.2, 0.25) is 0 Å². The average molecular weight is 1210 g/mol. The van der Waals surface area contributed by atoms with Crippen LogP contribution >= 0.6 is 0 Å². The Hall–Kier alpha value is -1.26. The van der Waals surface area contributed by atoms with E-state index in [1.165, 1.54) is 70.6 Å². The van der Waals surface area contributed by atoms with E-state index in [1.54, 1.807) is 42.7 Å². The molecule has 14 fully saturated rings. The van der Waals surface area contributed by atoms with Crippen molar-refractivity contribution in [1.29, 1.82) is 0 Å². The Morgan fingerprint density at radius 1 is 0.590 bits per heavy atom. The van der Waals surface area contributed by atoms with E-state index < -0.39 is 17.6 Å². The summed E-state index contributed by atoms with van der Waals surface area (Å²) in [6, 6.07) is 1.70. The van der Waals surface area contributed by atoms with Crippen molar-refractivity contribution in [2.75, 3.05) is 95.5 Å². The van der Waals surface area contributed by atoms with E-state index in [9.17, 15) is 4.79 Å². The average Bonchev–Trinajstić information content (AvgIpc) is 3.58. The lowest BCUT2D eigenvalue weighted by atomic mass is 9.76. The van der Waals surface area contributed by atoms with E-state index in [4.69, 9.17) is 78.7 Å². The van der Waals surface area contributed by atoms with Gasteiger partial charge in [0, 0.05) is 61.4 Å². The molecule has 0 radical (unpaired) electrons. The molecule has 18 nitrogen and oxygen atoms in total. The van der Waals surface area contributed by atoms with Crippen molar-refractivity contribution < 1.29 is 83.5 Å². The fourth-order valence-electron chi connectivity index (χ4n) is 14.5. The quantitative estimate of drug-likeness (QED) is 0.0291. The molecule has 15 aliphatic rings. The second-order valence-electron chi connectivity index (χ2n) is 27.0. The van der Waals surface area contributed by atoms with Crippen molar-refractivity contribution in [3.8, 4) is 0 Å². The molecule has 0 aromatic carbocycles. The number of fused-ring (bicyclic) bond motifs is 7. The molecule has 0 spiro atoms. The van der Waals surface area contributed by atoms with E-state index in [0.29, 0.717) is 92.9 Å². The molecule has 8 aliphatic heterocycles. The summed E-state index contributed by atoms with van der Waals surface area (Å²) in [5, 5.41) is 0. The maximum Gasteiger partial charge on any atom is 0.500 e. The Morgan fingerprint density at radius 2 is 1.16 bits per heavy atom. The molecule has 20 heteroatoms. The molecule has 0 aromatic rings. The van der Waals surface area contributed by atoms with E-state index >= 15 is 0 Å². The molecule has 15 rings (SSSR count). The van der Waals surface area contributed by atoms with Crippen LogP contribution in [0.3, 0.4) is 0 Å². The highest BCUT2D eigenvalue weighted by Crippen LogP contribution is 2.55. The maximum absolute atomic E-state index is 12.0. The summed E-state index contributed by atoms with van der Waals surface area (Å²) in [5.41, 5.74) is 0.456. The Balaban J connectivity index is 0.000000112. The molecular formula is C63H106O18Si2. The molecule has 21 unspecified atom stereocenters. The lowest BCUT2D eigenvalue weighted by Gasteiger charge is -2.27. The van der Waals surface area contributed by atoms with Crippen LogP contribution in [0.1, 0.15) is 136 Å². The van der Waals surface area contributed by atoms with Crippen LogP contribution in [0.4, 0.5) is 0 Å². The smallest absolute Gasteiger partial charge is 0.465 e. The second kappa shape index (κ2) is 29.6. The zero-order valence-electron chi connectivity index (χ0n) is 51.8. The first kappa shape index (κ1) is 64.7. The van der Waals surface area contributed by atoms with Crippen LogP contribution in [0.15, 0.2) is 24.8 Å². The number of carbonyl (C=O) groups excluding carboxylic acids is 1. The Labute approximate surface area is 499 Å². The molecule has 6 saturated carbocycles. The molecule has 21 atom stereocenters. The third-order valence-corrected chi connectivity index (χ3v) is 26.6. The SMILES string of the molecule is C1=CC2CC1CC2COCC1CO1.C=CC1CCC2OC2C1.CC1(C2CCC3OC3(C)C2)CO1.CO[Si](CCC1CCC2OC2C1)(OC)OC.CO[Si](CCCOCC1CO1)(OC)OC.O=C(OCC1CCC2OC2C1)C1CCC2OC2C1. The fourth-order valence-corrected chi connectivity index (χ4v) is 18.0. The minimum atomic E-state index is -2.39. The normalized spacial score (nSPS) is 42.2. The minimum absolute atomic E-state index is 0.00258. The number of hydrogen-bond donors (Lipinski definition) is 0. The standard InChI is InChI=1S/C14H20O4.C11H22O4Si.C11H16O2.C10H16O2.C9H20O5Si.C8H12O/c15-14(9-2-4-11-13(6-9)18-11)16-7-8-1-3-10-12(5-8)17-10;1-12-16(13-2,14-3)7-6-9-4-5-10-11(8-9)15-10;1-2-9-3-8(1)4-10(9)5-12-6-11-7-13-11;1-9-5-7(10(2)6-11-10)3-4-8(9)12-9;1-10-15(11-2,12-3)6-4-5-13-7-9-8-14-9;1-2-6-3-4-7-8(5-6)9-7/h8-13H,1-7H2;9-11H,4-8H2,1-3H3;1-2,8-11H,3-7H2;7-8H,3-6H2,1-2H3;9H,4-8H2,1-3H3;2,6-8H,1,3-5H2. The predicted octanol–water partition coefficient (Wildman–Crippen LogP) is 9.24. The van der Waals surface area contributed by atoms with Crippen molar-refractivity contribution in [1.82, 2.24) is 0 Å². The van der Waals surface area contributed by atoms with Crippen molar-refractivity contribution in [2.24, 2.45) is 47.3 Å². The van der Waals surface area contributed by atoms with Gasteiger partial charge in [0.1, 0.15) is 12.2 Å². The molecule has 7 aliphatic carbocycles. The van der Waals surface area contributed by atoms with Gasteiger partial charge in [-0.15, -0.1) is 6.58 Å². The summed E-state index contributed by atoms with van der Waals surface area (Å²) >= 11 is 0. The topological polar surface area (TPSA) is 200 Å². The van der Waals surface area contributed by atoms with Crippen molar-refractivity contribution in [3.05, 3.63) is 24.8 Å². The molecular weight excluding hydrogens is 1100 g/mol. The van der Waals surface area contributed by atoms with E-state index in [2.05, 4.69) is 38.7 Å². The molecule has 0 aromatic heterocycles. The van der Waals surface area contributed by atoms with Crippen molar-refractivity contribution in [2.45, 2.75) is 226 Å². The van der Waals surface area contributed by atoms with Gasteiger partial charge in [-0.25, -0.2) is 0 Å². The third kappa shape index (κ3) is 19.1. The zero-order valence-corrected chi connectivity index (χ0v) is 53.8. The van der Waals surface area contributed by atoms with Gasteiger partial charge < -0.3 is 78.7 Å². The number of rotatable bonds is 24. The summed E-state index contributed by atoms with van der Waals surface area (Å²) in [5.74, 6) is 5.36. The monoisotopic (exact) mass is 1210 g/mol. The largest absolute Gasteiger partial charge is 0.500 e. The summed E-state index contributed by atoms with van der Waals surface area (Å²) < 4.78 is 91.8. The number of carbonyl (C=O) groups is 1. The zero-order chi connectivity index (χ0) is 58.2. The van der Waals surface area contributed by atoms with Gasteiger partial charge in [0.15, 0.2) is 0 Å². The lowest BCUT2D eigenvalue weighted by Crippen LogP contribution is -2.43. The Morgan fingerprint density at radius 3 is 1.69 bits per heavy atom. The maximum atomic E-state index is 12.0. The van der Waals surface area contributed by atoms with Gasteiger partial charge in [-0.05, 0) is 177 Å². The third-order valence-electron chi connectivity index (χ3n) is 21.0. The van der Waals surface area contributed by atoms with Crippen LogP contribution in [0, 0.1) is 47.3 Å². The lowest BCUT2D eigenvalue weighted by molar-refractivity contribution is -0.151.